The van der Waals surface area contributed by atoms with Gasteiger partial charge in [0.05, 0.1) is 39.0 Å². The molecule has 0 atom stereocenters. The minimum Gasteiger partial charge on any atom is -0.497 e. The molecule has 2 N–H and O–H groups in total. The molecule has 0 unspecified atom stereocenters. The highest BCUT2D eigenvalue weighted by atomic mass is 32.1. The van der Waals surface area contributed by atoms with Crippen LogP contribution in [0.1, 0.15) is 15.2 Å². The molecule has 0 amide bonds. The van der Waals surface area contributed by atoms with Crippen LogP contribution in [0.2, 0.25) is 0 Å². The Kier molecular flexibility index (Phi) is 5.75. The molecule has 0 aliphatic carbocycles. The molecule has 0 bridgehead atoms. The first-order valence-corrected chi connectivity index (χ1v) is 9.22. The number of hydrogen-bond acceptors (Lipinski definition) is 7. The molecule has 0 spiro atoms. The summed E-state index contributed by atoms with van der Waals surface area (Å²) in [6.45, 7) is 0. The van der Waals surface area contributed by atoms with Crippen molar-refractivity contribution in [2.45, 2.75) is 0 Å². The Morgan fingerprint density at radius 2 is 1.57 bits per heavy atom. The Labute approximate surface area is 167 Å². The first-order valence-electron chi connectivity index (χ1n) is 8.40. The van der Waals surface area contributed by atoms with Gasteiger partial charge in [0.1, 0.15) is 5.75 Å². The van der Waals surface area contributed by atoms with Crippen molar-refractivity contribution < 1.29 is 23.7 Å². The van der Waals surface area contributed by atoms with E-state index >= 15 is 0 Å². The van der Waals surface area contributed by atoms with E-state index in [1.807, 2.05) is 24.3 Å². The zero-order chi connectivity index (χ0) is 20.3. The fourth-order valence-electron chi connectivity index (χ4n) is 2.84. The summed E-state index contributed by atoms with van der Waals surface area (Å²) in [5, 5.41) is 0. The van der Waals surface area contributed by atoms with E-state index in [-0.39, 0.29) is 5.78 Å². The van der Waals surface area contributed by atoms with Gasteiger partial charge in [0, 0.05) is 10.4 Å². The summed E-state index contributed by atoms with van der Waals surface area (Å²) >= 11 is 1.33. The summed E-state index contributed by atoms with van der Waals surface area (Å²) in [5.41, 5.74) is 7.91. The first-order chi connectivity index (χ1) is 13.5. The minimum absolute atomic E-state index is 0.212. The Bertz CT molecular complexity index is 987. The van der Waals surface area contributed by atoms with Crippen LogP contribution in [0.4, 0.5) is 5.69 Å². The summed E-state index contributed by atoms with van der Waals surface area (Å²) in [5.74, 6) is 1.78. The van der Waals surface area contributed by atoms with E-state index in [0.717, 1.165) is 16.2 Å². The molecule has 3 rings (SSSR count). The van der Waals surface area contributed by atoms with Gasteiger partial charge in [-0.3, -0.25) is 4.79 Å². The summed E-state index contributed by atoms with van der Waals surface area (Å²) in [7, 11) is 6.14. The molecule has 146 valence electrons. The molecule has 1 aromatic heterocycles. The third-order valence-electron chi connectivity index (χ3n) is 4.25. The molecule has 0 fully saturated rings. The van der Waals surface area contributed by atoms with Gasteiger partial charge >= 0.3 is 0 Å². The van der Waals surface area contributed by atoms with Gasteiger partial charge in [-0.25, -0.2) is 0 Å². The fourth-order valence-corrected chi connectivity index (χ4v) is 3.88. The maximum absolute atomic E-state index is 13.1. The Hall–Kier alpha value is -3.19. The molecule has 0 aliphatic rings. The van der Waals surface area contributed by atoms with Crippen molar-refractivity contribution in [3.8, 4) is 33.4 Å². The second-order valence-corrected chi connectivity index (χ2v) is 6.92. The van der Waals surface area contributed by atoms with Crippen LogP contribution < -0.4 is 24.7 Å². The van der Waals surface area contributed by atoms with E-state index in [4.69, 9.17) is 24.7 Å². The molecule has 28 heavy (non-hydrogen) atoms. The van der Waals surface area contributed by atoms with Gasteiger partial charge in [0.25, 0.3) is 0 Å². The van der Waals surface area contributed by atoms with Crippen molar-refractivity contribution >= 4 is 22.8 Å². The van der Waals surface area contributed by atoms with Crippen LogP contribution in [0.25, 0.3) is 10.4 Å². The average molecular weight is 399 g/mol. The van der Waals surface area contributed by atoms with Crippen LogP contribution in [-0.4, -0.2) is 34.2 Å². The number of carbonyl (C=O) groups excluding carboxylic acids is 1. The highest BCUT2D eigenvalue weighted by molar-refractivity contribution is 7.18. The number of rotatable bonds is 7. The molecular weight excluding hydrogens is 378 g/mol. The third-order valence-corrected chi connectivity index (χ3v) is 5.45. The molecule has 6 nitrogen and oxygen atoms in total. The number of carbonyl (C=O) groups is 1. The standard InChI is InChI=1S/C21H21NO5S/c1-24-14-7-5-6-12(8-14)18-11-15(22)21(28-18)19(23)13-9-16(25-2)20(27-4)17(10-13)26-3/h5-11H,22H2,1-4H3. The lowest BCUT2D eigenvalue weighted by Gasteiger charge is -2.13. The monoisotopic (exact) mass is 399 g/mol. The van der Waals surface area contributed by atoms with Crippen LogP contribution in [0, 0.1) is 0 Å². The molecule has 0 aliphatic heterocycles. The van der Waals surface area contributed by atoms with Crippen LogP contribution in [0.15, 0.2) is 42.5 Å². The van der Waals surface area contributed by atoms with E-state index in [0.29, 0.717) is 33.4 Å². The van der Waals surface area contributed by atoms with Crippen molar-refractivity contribution in [3.63, 3.8) is 0 Å². The van der Waals surface area contributed by atoms with Crippen LogP contribution in [-0.2, 0) is 0 Å². The largest absolute Gasteiger partial charge is 0.497 e. The lowest BCUT2D eigenvalue weighted by Crippen LogP contribution is -2.04. The predicted molar refractivity (Wildman–Crippen MR) is 110 cm³/mol. The SMILES string of the molecule is COc1cccc(-c2cc(N)c(C(=O)c3cc(OC)c(OC)c(OC)c3)s2)c1. The molecule has 0 radical (unpaired) electrons. The summed E-state index contributed by atoms with van der Waals surface area (Å²) in [4.78, 5) is 14.5. The second-order valence-electron chi connectivity index (χ2n) is 5.87. The molecule has 0 saturated heterocycles. The summed E-state index contributed by atoms with van der Waals surface area (Å²) in [6, 6.07) is 12.6. The van der Waals surface area contributed by atoms with Gasteiger partial charge in [0.15, 0.2) is 11.5 Å². The number of anilines is 1. The topological polar surface area (TPSA) is 80.0 Å². The maximum atomic E-state index is 13.1. The fraction of sp³-hybridized carbons (Fsp3) is 0.190. The average Bonchev–Trinajstić information content (AvgIpc) is 3.13. The quantitative estimate of drug-likeness (QED) is 0.598. The molecule has 3 aromatic rings. The highest BCUT2D eigenvalue weighted by Gasteiger charge is 2.22. The molecule has 0 saturated carbocycles. The zero-order valence-electron chi connectivity index (χ0n) is 16.1. The van der Waals surface area contributed by atoms with Gasteiger partial charge in [-0.15, -0.1) is 11.3 Å². The summed E-state index contributed by atoms with van der Waals surface area (Å²) < 4.78 is 21.3. The number of ether oxygens (including phenoxy) is 4. The van der Waals surface area contributed by atoms with Gasteiger partial charge in [-0.2, -0.15) is 0 Å². The summed E-state index contributed by atoms with van der Waals surface area (Å²) in [6.07, 6.45) is 0. The van der Waals surface area contributed by atoms with Crippen LogP contribution >= 0.6 is 11.3 Å². The van der Waals surface area contributed by atoms with Crippen LogP contribution in [0.3, 0.4) is 0 Å². The van der Waals surface area contributed by atoms with Crippen molar-refractivity contribution in [3.05, 3.63) is 52.9 Å². The molecule has 2 aromatic carbocycles. The van der Waals surface area contributed by atoms with E-state index in [1.54, 1.807) is 25.3 Å². The van der Waals surface area contributed by atoms with Gasteiger partial charge in [-0.05, 0) is 35.9 Å². The smallest absolute Gasteiger partial charge is 0.205 e. The zero-order valence-corrected chi connectivity index (χ0v) is 16.9. The highest BCUT2D eigenvalue weighted by Crippen LogP contribution is 2.41. The molecular formula is C21H21NO5S. The van der Waals surface area contributed by atoms with E-state index in [9.17, 15) is 4.79 Å². The van der Waals surface area contributed by atoms with Crippen molar-refractivity contribution in [2.75, 3.05) is 34.2 Å². The van der Waals surface area contributed by atoms with E-state index in [1.165, 1.54) is 32.7 Å². The van der Waals surface area contributed by atoms with E-state index < -0.39 is 0 Å². The predicted octanol–water partition coefficient (Wildman–Crippen LogP) is 4.26. The van der Waals surface area contributed by atoms with Crippen molar-refractivity contribution in [1.82, 2.24) is 0 Å². The number of benzene rings is 2. The van der Waals surface area contributed by atoms with Crippen LogP contribution in [0.5, 0.6) is 23.0 Å². The Balaban J connectivity index is 2.03. The van der Waals surface area contributed by atoms with Gasteiger partial charge in [-0.1, -0.05) is 12.1 Å². The van der Waals surface area contributed by atoms with Crippen molar-refractivity contribution in [1.29, 1.82) is 0 Å². The number of thiophene rings is 1. The normalized spacial score (nSPS) is 10.4. The number of hydrogen-bond donors (Lipinski definition) is 1. The molecule has 7 heteroatoms. The Morgan fingerprint density at radius 1 is 0.893 bits per heavy atom. The molecule has 1 heterocycles. The lowest BCUT2D eigenvalue weighted by molar-refractivity contribution is 0.104. The number of nitrogens with two attached hydrogens (primary N) is 1. The van der Waals surface area contributed by atoms with Gasteiger partial charge in [0.2, 0.25) is 11.5 Å². The van der Waals surface area contributed by atoms with Crippen molar-refractivity contribution in [2.24, 2.45) is 0 Å². The second kappa shape index (κ2) is 8.22. The first kappa shape index (κ1) is 19.6. The third kappa shape index (κ3) is 3.61. The minimum atomic E-state index is -0.212. The lowest BCUT2D eigenvalue weighted by atomic mass is 10.1. The Morgan fingerprint density at radius 3 is 2.14 bits per heavy atom. The maximum Gasteiger partial charge on any atom is 0.205 e. The van der Waals surface area contributed by atoms with Gasteiger partial charge < -0.3 is 24.7 Å². The van der Waals surface area contributed by atoms with E-state index in [2.05, 4.69) is 0 Å². The number of nitrogen functional groups attached to an aromatic ring is 1. The number of ketones is 1. The number of methoxy groups -OCH3 is 4.